The first-order chi connectivity index (χ1) is 12.3. The van der Waals surface area contributed by atoms with Crippen molar-refractivity contribution in [2.75, 3.05) is 37.7 Å². The van der Waals surface area contributed by atoms with E-state index in [4.69, 9.17) is 4.74 Å². The minimum Gasteiger partial charge on any atom is -0.371 e. The van der Waals surface area contributed by atoms with Gasteiger partial charge in [0.05, 0.1) is 19.3 Å². The molecule has 0 spiro atoms. The van der Waals surface area contributed by atoms with Crippen LogP contribution in [0, 0.1) is 0 Å². The molecule has 4 heteroatoms. The Bertz CT molecular complexity index is 688. The molecule has 1 aliphatic rings. The Kier molecular flexibility index (Phi) is 5.99. The van der Waals surface area contributed by atoms with Gasteiger partial charge in [-0.05, 0) is 17.7 Å². The molecular weight excluding hydrogens is 312 g/mol. The Morgan fingerprint density at radius 1 is 1.16 bits per heavy atom. The van der Waals surface area contributed by atoms with Gasteiger partial charge in [-0.3, -0.25) is 9.69 Å². The van der Waals surface area contributed by atoms with Crippen molar-refractivity contribution in [1.29, 1.82) is 0 Å². The number of anilines is 1. The van der Waals surface area contributed by atoms with Crippen LogP contribution in [0.1, 0.15) is 11.7 Å². The van der Waals surface area contributed by atoms with Gasteiger partial charge in [0, 0.05) is 25.3 Å². The standard InChI is InChI=1S/C21H24N2O2/c1-2-13-23(19-11-7-4-8-12-19)21(24)17-22-14-15-25-20(16-22)18-9-5-3-6-10-18/h2-12,20H,1,13-17H2. The van der Waals surface area contributed by atoms with Crippen LogP contribution in [0.15, 0.2) is 73.3 Å². The minimum absolute atomic E-state index is 0.0207. The maximum absolute atomic E-state index is 12.8. The smallest absolute Gasteiger partial charge is 0.241 e. The second-order valence-corrected chi connectivity index (χ2v) is 6.13. The third kappa shape index (κ3) is 4.56. The molecule has 0 bridgehead atoms. The lowest BCUT2D eigenvalue weighted by Crippen LogP contribution is -2.45. The molecule has 0 aliphatic carbocycles. The highest BCUT2D eigenvalue weighted by molar-refractivity contribution is 5.95. The van der Waals surface area contributed by atoms with Crippen LogP contribution in [-0.4, -0.2) is 43.6 Å². The fourth-order valence-corrected chi connectivity index (χ4v) is 3.08. The van der Waals surface area contributed by atoms with Crippen LogP contribution < -0.4 is 4.90 Å². The molecule has 0 N–H and O–H groups in total. The average Bonchev–Trinajstić information content (AvgIpc) is 2.67. The number of amides is 1. The van der Waals surface area contributed by atoms with Crippen molar-refractivity contribution in [2.24, 2.45) is 0 Å². The third-order valence-electron chi connectivity index (χ3n) is 4.36. The monoisotopic (exact) mass is 336 g/mol. The molecule has 1 unspecified atom stereocenters. The van der Waals surface area contributed by atoms with Gasteiger partial charge in [0.2, 0.25) is 5.91 Å². The zero-order valence-corrected chi connectivity index (χ0v) is 14.4. The van der Waals surface area contributed by atoms with Crippen LogP contribution in [0.3, 0.4) is 0 Å². The number of benzene rings is 2. The Hall–Kier alpha value is -2.43. The number of carbonyl (C=O) groups is 1. The number of morpholine rings is 1. The van der Waals surface area contributed by atoms with Gasteiger partial charge in [0.25, 0.3) is 0 Å². The second kappa shape index (κ2) is 8.60. The molecule has 25 heavy (non-hydrogen) atoms. The van der Waals surface area contributed by atoms with Crippen molar-refractivity contribution in [2.45, 2.75) is 6.10 Å². The molecule has 3 rings (SSSR count). The number of ether oxygens (including phenoxy) is 1. The number of hydrogen-bond acceptors (Lipinski definition) is 3. The van der Waals surface area contributed by atoms with Gasteiger partial charge in [-0.15, -0.1) is 6.58 Å². The zero-order chi connectivity index (χ0) is 17.5. The van der Waals surface area contributed by atoms with Crippen molar-refractivity contribution in [3.8, 4) is 0 Å². The first kappa shape index (κ1) is 17.4. The molecule has 130 valence electrons. The van der Waals surface area contributed by atoms with E-state index in [9.17, 15) is 4.79 Å². The topological polar surface area (TPSA) is 32.8 Å². The molecule has 0 aromatic heterocycles. The van der Waals surface area contributed by atoms with Crippen LogP contribution >= 0.6 is 0 Å². The lowest BCUT2D eigenvalue weighted by molar-refractivity contribution is -0.121. The van der Waals surface area contributed by atoms with E-state index in [0.717, 1.165) is 24.3 Å². The van der Waals surface area contributed by atoms with Crippen LogP contribution in [0.2, 0.25) is 0 Å². The van der Waals surface area contributed by atoms with Crippen LogP contribution in [0.5, 0.6) is 0 Å². The summed E-state index contributed by atoms with van der Waals surface area (Å²) >= 11 is 0. The molecule has 0 radical (unpaired) electrons. The number of hydrogen-bond donors (Lipinski definition) is 0. The lowest BCUT2D eigenvalue weighted by atomic mass is 10.1. The molecule has 2 aromatic carbocycles. The molecule has 4 nitrogen and oxygen atoms in total. The summed E-state index contributed by atoms with van der Waals surface area (Å²) in [5.74, 6) is 0.0832. The quantitative estimate of drug-likeness (QED) is 0.759. The van der Waals surface area contributed by atoms with Gasteiger partial charge in [-0.25, -0.2) is 0 Å². The maximum atomic E-state index is 12.8. The molecule has 1 saturated heterocycles. The van der Waals surface area contributed by atoms with Crippen molar-refractivity contribution in [3.05, 3.63) is 78.9 Å². The molecule has 1 atom stereocenters. The molecule has 1 fully saturated rings. The molecule has 0 saturated carbocycles. The first-order valence-electron chi connectivity index (χ1n) is 8.63. The fourth-order valence-electron chi connectivity index (χ4n) is 3.08. The summed E-state index contributed by atoms with van der Waals surface area (Å²) in [6.07, 6.45) is 1.78. The van der Waals surface area contributed by atoms with E-state index in [-0.39, 0.29) is 12.0 Å². The minimum atomic E-state index is 0.0207. The normalized spacial score (nSPS) is 17.8. The average molecular weight is 336 g/mol. The molecule has 1 aliphatic heterocycles. The summed E-state index contributed by atoms with van der Waals surface area (Å²) in [6, 6.07) is 19.9. The molecule has 1 heterocycles. The van der Waals surface area contributed by atoms with E-state index in [0.29, 0.717) is 19.7 Å². The zero-order valence-electron chi connectivity index (χ0n) is 14.4. The first-order valence-corrected chi connectivity index (χ1v) is 8.63. The summed E-state index contributed by atoms with van der Waals surface area (Å²) in [5, 5.41) is 0. The Morgan fingerprint density at radius 3 is 2.52 bits per heavy atom. The van der Waals surface area contributed by atoms with Crippen LogP contribution in [0.4, 0.5) is 5.69 Å². The van der Waals surface area contributed by atoms with E-state index in [2.05, 4.69) is 23.6 Å². The number of carbonyl (C=O) groups excluding carboxylic acids is 1. The van der Waals surface area contributed by atoms with Gasteiger partial charge < -0.3 is 9.64 Å². The Morgan fingerprint density at radius 2 is 1.84 bits per heavy atom. The lowest BCUT2D eigenvalue weighted by Gasteiger charge is -2.34. The SMILES string of the molecule is C=CCN(C(=O)CN1CCOC(c2ccccc2)C1)c1ccccc1. The predicted octanol–water partition coefficient (Wildman–Crippen LogP) is 3.28. The van der Waals surface area contributed by atoms with Crippen LogP contribution in [-0.2, 0) is 9.53 Å². The fraction of sp³-hybridized carbons (Fsp3) is 0.286. The van der Waals surface area contributed by atoms with Crippen molar-refractivity contribution >= 4 is 11.6 Å². The van der Waals surface area contributed by atoms with E-state index in [1.54, 1.807) is 11.0 Å². The summed E-state index contributed by atoms with van der Waals surface area (Å²) < 4.78 is 5.89. The van der Waals surface area contributed by atoms with E-state index in [1.807, 2.05) is 48.5 Å². The van der Waals surface area contributed by atoms with E-state index >= 15 is 0 Å². The highest BCUT2D eigenvalue weighted by Crippen LogP contribution is 2.22. The maximum Gasteiger partial charge on any atom is 0.241 e. The second-order valence-electron chi connectivity index (χ2n) is 6.13. The van der Waals surface area contributed by atoms with Gasteiger partial charge >= 0.3 is 0 Å². The summed E-state index contributed by atoms with van der Waals surface area (Å²) in [7, 11) is 0. The summed E-state index contributed by atoms with van der Waals surface area (Å²) in [4.78, 5) is 16.8. The highest BCUT2D eigenvalue weighted by Gasteiger charge is 2.25. The molecule has 1 amide bonds. The van der Waals surface area contributed by atoms with Gasteiger partial charge in [0.15, 0.2) is 0 Å². The van der Waals surface area contributed by atoms with Gasteiger partial charge in [0.1, 0.15) is 0 Å². The van der Waals surface area contributed by atoms with Crippen molar-refractivity contribution in [3.63, 3.8) is 0 Å². The number of nitrogens with zero attached hydrogens (tertiary/aromatic N) is 2. The summed E-state index contributed by atoms with van der Waals surface area (Å²) in [5.41, 5.74) is 2.06. The number of rotatable bonds is 6. The van der Waals surface area contributed by atoms with Gasteiger partial charge in [-0.1, -0.05) is 54.6 Å². The Balaban J connectivity index is 1.65. The van der Waals surface area contributed by atoms with Crippen LogP contribution in [0.25, 0.3) is 0 Å². The van der Waals surface area contributed by atoms with Gasteiger partial charge in [-0.2, -0.15) is 0 Å². The molecule has 2 aromatic rings. The third-order valence-corrected chi connectivity index (χ3v) is 4.36. The Labute approximate surface area is 149 Å². The highest BCUT2D eigenvalue weighted by atomic mass is 16.5. The number of para-hydroxylation sites is 1. The van der Waals surface area contributed by atoms with Crippen molar-refractivity contribution < 1.29 is 9.53 Å². The molecular formula is C21H24N2O2. The van der Waals surface area contributed by atoms with E-state index < -0.39 is 0 Å². The van der Waals surface area contributed by atoms with E-state index in [1.165, 1.54) is 0 Å². The predicted molar refractivity (Wildman–Crippen MR) is 101 cm³/mol. The largest absolute Gasteiger partial charge is 0.371 e. The van der Waals surface area contributed by atoms with Crippen molar-refractivity contribution in [1.82, 2.24) is 4.90 Å². The summed E-state index contributed by atoms with van der Waals surface area (Å²) in [6.45, 7) is 6.81.